The number of fused-ring (bicyclic) bond motifs is 1. The van der Waals surface area contributed by atoms with Gasteiger partial charge in [0, 0.05) is 24.5 Å². The minimum Gasteiger partial charge on any atom is -0.373 e. The lowest BCUT2D eigenvalue weighted by molar-refractivity contribution is -0.0165. The Hall–Kier alpha value is -0.620. The molecule has 1 amide bonds. The molecule has 1 aromatic heterocycles. The minimum atomic E-state index is -0.00508. The van der Waals surface area contributed by atoms with Gasteiger partial charge in [0.2, 0.25) is 0 Å². The second-order valence-corrected chi connectivity index (χ2v) is 6.03. The first-order valence-electron chi connectivity index (χ1n) is 6.50. The predicted molar refractivity (Wildman–Crippen MR) is 78.3 cm³/mol. The van der Waals surface area contributed by atoms with Gasteiger partial charge >= 0.3 is 0 Å². The van der Waals surface area contributed by atoms with Crippen LogP contribution < -0.4 is 5.73 Å². The number of morpholine rings is 1. The molecule has 0 bridgehead atoms. The quantitative estimate of drug-likeness (QED) is 0.900. The van der Waals surface area contributed by atoms with Gasteiger partial charge in [-0.1, -0.05) is 0 Å². The van der Waals surface area contributed by atoms with Crippen molar-refractivity contribution in [2.75, 3.05) is 26.2 Å². The van der Waals surface area contributed by atoms with E-state index in [1.807, 2.05) is 4.90 Å². The van der Waals surface area contributed by atoms with E-state index in [4.69, 9.17) is 10.5 Å². The minimum absolute atomic E-state index is 0. The van der Waals surface area contributed by atoms with E-state index in [2.05, 4.69) is 6.07 Å². The maximum Gasteiger partial charge on any atom is 0.264 e. The number of rotatable bonds is 2. The van der Waals surface area contributed by atoms with Gasteiger partial charge < -0.3 is 15.4 Å². The number of hydrogen-bond donors (Lipinski definition) is 1. The molecule has 2 N–H and O–H groups in total. The number of hydrogen-bond acceptors (Lipinski definition) is 4. The first-order chi connectivity index (χ1) is 8.78. The summed E-state index contributed by atoms with van der Waals surface area (Å²) in [5, 5.41) is 0. The number of amides is 1. The Morgan fingerprint density at radius 1 is 1.53 bits per heavy atom. The van der Waals surface area contributed by atoms with Crippen LogP contribution in [0.2, 0.25) is 0 Å². The third-order valence-corrected chi connectivity index (χ3v) is 4.87. The van der Waals surface area contributed by atoms with Gasteiger partial charge in [-0.2, -0.15) is 0 Å². The van der Waals surface area contributed by atoms with Crippen LogP contribution in [0.5, 0.6) is 0 Å². The molecule has 2 heterocycles. The Labute approximate surface area is 123 Å². The van der Waals surface area contributed by atoms with Gasteiger partial charge in [-0.05, 0) is 30.9 Å². The van der Waals surface area contributed by atoms with Crippen molar-refractivity contribution in [3.63, 3.8) is 0 Å². The third-order valence-electron chi connectivity index (χ3n) is 3.65. The molecule has 0 saturated carbocycles. The number of ether oxygens (including phenoxy) is 1. The number of aryl methyl sites for hydroxylation is 2. The Morgan fingerprint density at radius 2 is 2.37 bits per heavy atom. The molecule has 0 spiro atoms. The lowest BCUT2D eigenvalue weighted by Crippen LogP contribution is -2.48. The fraction of sp³-hybridized carbons (Fsp3) is 0.615. The summed E-state index contributed by atoms with van der Waals surface area (Å²) in [4.78, 5) is 16.6. The Bertz CT molecular complexity index is 442. The van der Waals surface area contributed by atoms with Gasteiger partial charge in [0.25, 0.3) is 5.91 Å². The number of carbonyl (C=O) groups excluding carboxylic acids is 1. The average molecular weight is 303 g/mol. The van der Waals surface area contributed by atoms with Crippen molar-refractivity contribution in [3.8, 4) is 0 Å². The van der Waals surface area contributed by atoms with Gasteiger partial charge in [0.05, 0.1) is 17.6 Å². The molecule has 1 aliphatic heterocycles. The molecule has 1 aromatic rings. The SMILES string of the molecule is Cl.NCC1CN(C(=O)c2cc3c(s2)CCC3)CCO1. The van der Waals surface area contributed by atoms with Crippen LogP contribution in [-0.4, -0.2) is 43.2 Å². The lowest BCUT2D eigenvalue weighted by atomic mass is 10.2. The highest BCUT2D eigenvalue weighted by atomic mass is 35.5. The molecule has 3 rings (SSSR count). The fourth-order valence-corrected chi connectivity index (χ4v) is 3.86. The van der Waals surface area contributed by atoms with Crippen molar-refractivity contribution >= 4 is 29.7 Å². The first kappa shape index (κ1) is 14.8. The van der Waals surface area contributed by atoms with E-state index < -0.39 is 0 Å². The molecule has 0 aromatic carbocycles. The van der Waals surface area contributed by atoms with Crippen molar-refractivity contribution in [1.29, 1.82) is 0 Å². The van der Waals surface area contributed by atoms with E-state index in [1.54, 1.807) is 11.3 Å². The van der Waals surface area contributed by atoms with Crippen LogP contribution in [0.1, 0.15) is 26.5 Å². The molecule has 1 saturated heterocycles. The van der Waals surface area contributed by atoms with Crippen molar-refractivity contribution in [2.45, 2.75) is 25.4 Å². The Balaban J connectivity index is 0.00000133. The second kappa shape index (κ2) is 6.22. The Morgan fingerprint density at radius 3 is 3.11 bits per heavy atom. The van der Waals surface area contributed by atoms with Crippen LogP contribution in [0.15, 0.2) is 6.07 Å². The van der Waals surface area contributed by atoms with Crippen molar-refractivity contribution in [1.82, 2.24) is 4.90 Å². The normalized spacial score (nSPS) is 21.9. The lowest BCUT2D eigenvalue weighted by Gasteiger charge is -2.32. The third kappa shape index (κ3) is 2.94. The van der Waals surface area contributed by atoms with E-state index in [-0.39, 0.29) is 24.4 Å². The van der Waals surface area contributed by atoms with Crippen LogP contribution in [0, 0.1) is 0 Å². The standard InChI is InChI=1S/C13H18N2O2S.ClH/c14-7-10-8-15(4-5-17-10)13(16)12-6-9-2-1-3-11(9)18-12;/h6,10H,1-5,7-8,14H2;1H. The molecular formula is C13H19ClN2O2S. The predicted octanol–water partition coefficient (Wildman–Crippen LogP) is 1.46. The summed E-state index contributed by atoms with van der Waals surface area (Å²) in [5.41, 5.74) is 6.98. The number of nitrogens with zero attached hydrogens (tertiary/aromatic N) is 1. The summed E-state index contributed by atoms with van der Waals surface area (Å²) < 4.78 is 5.49. The van der Waals surface area contributed by atoms with Gasteiger partial charge in [-0.25, -0.2) is 0 Å². The highest BCUT2D eigenvalue weighted by Crippen LogP contribution is 2.31. The monoisotopic (exact) mass is 302 g/mol. The van der Waals surface area contributed by atoms with Crippen molar-refractivity contribution < 1.29 is 9.53 Å². The highest BCUT2D eigenvalue weighted by Gasteiger charge is 2.26. The van der Waals surface area contributed by atoms with Crippen LogP contribution in [0.4, 0.5) is 0 Å². The largest absolute Gasteiger partial charge is 0.373 e. The van der Waals surface area contributed by atoms with Crippen molar-refractivity contribution in [3.05, 3.63) is 21.4 Å². The zero-order valence-corrected chi connectivity index (χ0v) is 12.4. The molecule has 1 aliphatic carbocycles. The topological polar surface area (TPSA) is 55.6 Å². The smallest absolute Gasteiger partial charge is 0.264 e. The first-order valence-corrected chi connectivity index (χ1v) is 7.32. The fourth-order valence-electron chi connectivity index (χ4n) is 2.64. The molecular weight excluding hydrogens is 284 g/mol. The van der Waals surface area contributed by atoms with Gasteiger partial charge in [-0.3, -0.25) is 4.79 Å². The Kier molecular flexibility index (Phi) is 4.84. The number of nitrogens with two attached hydrogens (primary N) is 1. The maximum absolute atomic E-state index is 12.4. The summed E-state index contributed by atoms with van der Waals surface area (Å²) in [5.74, 6) is 0.149. The van der Waals surface area contributed by atoms with E-state index >= 15 is 0 Å². The van der Waals surface area contributed by atoms with Crippen molar-refractivity contribution in [2.24, 2.45) is 5.73 Å². The number of halogens is 1. The molecule has 6 heteroatoms. The maximum atomic E-state index is 12.4. The average Bonchev–Trinajstić information content (AvgIpc) is 2.98. The summed E-state index contributed by atoms with van der Waals surface area (Å²) in [6.07, 6.45) is 3.51. The van der Waals surface area contributed by atoms with Crippen LogP contribution in [-0.2, 0) is 17.6 Å². The molecule has 1 fully saturated rings. The highest BCUT2D eigenvalue weighted by molar-refractivity contribution is 7.14. The summed E-state index contributed by atoms with van der Waals surface area (Å²) in [7, 11) is 0. The van der Waals surface area contributed by atoms with E-state index in [9.17, 15) is 4.79 Å². The summed E-state index contributed by atoms with van der Waals surface area (Å²) >= 11 is 1.67. The summed E-state index contributed by atoms with van der Waals surface area (Å²) in [6, 6.07) is 2.09. The van der Waals surface area contributed by atoms with Crippen LogP contribution in [0.25, 0.3) is 0 Å². The zero-order chi connectivity index (χ0) is 12.5. The molecule has 1 unspecified atom stereocenters. The van der Waals surface area contributed by atoms with Crippen LogP contribution >= 0.6 is 23.7 Å². The summed E-state index contributed by atoms with van der Waals surface area (Å²) in [6.45, 7) is 2.37. The molecule has 4 nitrogen and oxygen atoms in total. The number of thiophene rings is 1. The molecule has 0 radical (unpaired) electrons. The van der Waals surface area contributed by atoms with Gasteiger partial charge in [0.1, 0.15) is 0 Å². The number of carbonyl (C=O) groups is 1. The van der Waals surface area contributed by atoms with E-state index in [0.717, 1.165) is 17.7 Å². The second-order valence-electron chi connectivity index (χ2n) is 4.89. The molecule has 1 atom stereocenters. The van der Waals surface area contributed by atoms with E-state index in [0.29, 0.717) is 26.2 Å². The van der Waals surface area contributed by atoms with Gasteiger partial charge in [-0.15, -0.1) is 23.7 Å². The van der Waals surface area contributed by atoms with Gasteiger partial charge in [0.15, 0.2) is 0 Å². The molecule has 106 valence electrons. The molecule has 2 aliphatic rings. The zero-order valence-electron chi connectivity index (χ0n) is 10.8. The van der Waals surface area contributed by atoms with Crippen LogP contribution in [0.3, 0.4) is 0 Å². The molecule has 19 heavy (non-hydrogen) atoms. The van der Waals surface area contributed by atoms with E-state index in [1.165, 1.54) is 16.9 Å².